The van der Waals surface area contributed by atoms with Crippen molar-refractivity contribution in [2.75, 3.05) is 6.61 Å². The summed E-state index contributed by atoms with van der Waals surface area (Å²) < 4.78 is 4.81. The van der Waals surface area contributed by atoms with Crippen LogP contribution in [-0.4, -0.2) is 30.2 Å². The van der Waals surface area contributed by atoms with E-state index in [-0.39, 0.29) is 18.6 Å². The zero-order chi connectivity index (χ0) is 19.1. The predicted molar refractivity (Wildman–Crippen MR) is 97.2 cm³/mol. The Bertz CT molecular complexity index is 826. The quantitative estimate of drug-likeness (QED) is 0.595. The molecule has 2 aromatic rings. The molecule has 1 aromatic heterocycles. The van der Waals surface area contributed by atoms with Crippen LogP contribution in [0.4, 0.5) is 0 Å². The molecule has 0 radical (unpaired) electrons. The second-order valence-electron chi connectivity index (χ2n) is 5.76. The van der Waals surface area contributed by atoms with Gasteiger partial charge in [-0.2, -0.15) is 0 Å². The van der Waals surface area contributed by atoms with E-state index in [4.69, 9.17) is 4.74 Å². The first-order valence-corrected chi connectivity index (χ1v) is 8.88. The van der Waals surface area contributed by atoms with Crippen LogP contribution in [0.3, 0.4) is 0 Å². The Morgan fingerprint density at radius 2 is 1.85 bits per heavy atom. The highest BCUT2D eigenvalue weighted by atomic mass is 32.1. The summed E-state index contributed by atoms with van der Waals surface area (Å²) >= 11 is 1.20. The molecule has 6 nitrogen and oxygen atoms in total. The number of benzene rings is 1. The van der Waals surface area contributed by atoms with E-state index in [0.717, 1.165) is 11.1 Å². The van der Waals surface area contributed by atoms with Crippen LogP contribution in [0.2, 0.25) is 0 Å². The lowest BCUT2D eigenvalue weighted by Gasteiger charge is -2.07. The van der Waals surface area contributed by atoms with Gasteiger partial charge in [0.25, 0.3) is 11.8 Å². The minimum Gasteiger partial charge on any atom is -0.456 e. The molecule has 0 saturated heterocycles. The van der Waals surface area contributed by atoms with Gasteiger partial charge in [0.15, 0.2) is 12.4 Å². The molecule has 26 heavy (non-hydrogen) atoms. The van der Waals surface area contributed by atoms with Crippen LogP contribution in [-0.2, 0) is 14.3 Å². The van der Waals surface area contributed by atoms with Crippen molar-refractivity contribution in [1.29, 1.82) is 0 Å². The molecule has 1 N–H and O–H groups in total. The van der Waals surface area contributed by atoms with Gasteiger partial charge in [0.2, 0.25) is 0 Å². The number of hydrogen-bond acceptors (Lipinski definition) is 6. The molecule has 1 aromatic carbocycles. The van der Waals surface area contributed by atoms with E-state index >= 15 is 0 Å². The van der Waals surface area contributed by atoms with E-state index in [0.29, 0.717) is 10.4 Å². The molecule has 2 amide bonds. The number of esters is 1. The second kappa shape index (κ2) is 9.05. The smallest absolute Gasteiger partial charge is 0.306 e. The van der Waals surface area contributed by atoms with Gasteiger partial charge < -0.3 is 4.74 Å². The molecule has 0 bridgehead atoms. The van der Waals surface area contributed by atoms with Gasteiger partial charge in [-0.15, -0.1) is 11.3 Å². The molecule has 0 aliphatic carbocycles. The number of thiophene rings is 1. The third-order valence-electron chi connectivity index (χ3n) is 3.61. The molecular weight excluding hydrogens is 354 g/mol. The fraction of sp³-hybridized carbons (Fsp3) is 0.263. The van der Waals surface area contributed by atoms with E-state index in [1.807, 2.05) is 26.0 Å². The van der Waals surface area contributed by atoms with Crippen molar-refractivity contribution < 1.29 is 23.9 Å². The Labute approximate surface area is 155 Å². The lowest BCUT2D eigenvalue weighted by Crippen LogP contribution is -2.33. The first kappa shape index (κ1) is 19.5. The van der Waals surface area contributed by atoms with Crippen LogP contribution < -0.4 is 5.32 Å². The van der Waals surface area contributed by atoms with E-state index < -0.39 is 24.4 Å². The van der Waals surface area contributed by atoms with Crippen molar-refractivity contribution in [2.45, 2.75) is 26.7 Å². The summed E-state index contributed by atoms with van der Waals surface area (Å²) in [5.74, 6) is -2.06. The summed E-state index contributed by atoms with van der Waals surface area (Å²) in [7, 11) is 0. The van der Waals surface area contributed by atoms with Gasteiger partial charge in [-0.05, 0) is 36.9 Å². The van der Waals surface area contributed by atoms with Gasteiger partial charge in [-0.3, -0.25) is 24.5 Å². The number of amides is 2. The maximum Gasteiger partial charge on any atom is 0.306 e. The summed E-state index contributed by atoms with van der Waals surface area (Å²) in [5.41, 5.74) is 2.39. The van der Waals surface area contributed by atoms with Gasteiger partial charge in [-0.25, -0.2) is 0 Å². The average molecular weight is 373 g/mol. The van der Waals surface area contributed by atoms with Gasteiger partial charge in [0.05, 0.1) is 11.3 Å². The Morgan fingerprint density at radius 3 is 2.54 bits per heavy atom. The highest BCUT2D eigenvalue weighted by Gasteiger charge is 2.15. The Hall–Kier alpha value is -2.80. The molecule has 1 heterocycles. The van der Waals surface area contributed by atoms with Crippen molar-refractivity contribution in [3.05, 3.63) is 57.3 Å². The van der Waals surface area contributed by atoms with Crippen LogP contribution in [0, 0.1) is 13.8 Å². The summed E-state index contributed by atoms with van der Waals surface area (Å²) in [4.78, 5) is 47.6. The van der Waals surface area contributed by atoms with Gasteiger partial charge in [0.1, 0.15) is 0 Å². The monoisotopic (exact) mass is 373 g/mol. The van der Waals surface area contributed by atoms with Crippen LogP contribution in [0.15, 0.2) is 35.7 Å². The molecule has 0 fully saturated rings. The number of nitrogens with one attached hydrogen (secondary N) is 1. The third-order valence-corrected chi connectivity index (χ3v) is 4.48. The fourth-order valence-corrected chi connectivity index (χ4v) is 2.86. The Kier molecular flexibility index (Phi) is 6.80. The molecule has 2 rings (SSSR count). The number of Topliss-reactive ketones (excluding diaryl/α,β-unsaturated/α-hetero) is 1. The minimum absolute atomic E-state index is 0.00112. The SMILES string of the molecule is Cc1ccc(C)c(C(=O)CCC(=O)OCC(=O)NC(=O)c2cccs2)c1. The molecule has 0 aliphatic rings. The zero-order valence-electron chi connectivity index (χ0n) is 14.5. The number of aryl methyl sites for hydroxylation is 2. The maximum absolute atomic E-state index is 12.2. The Balaban J connectivity index is 1.75. The highest BCUT2D eigenvalue weighted by molar-refractivity contribution is 7.12. The lowest BCUT2D eigenvalue weighted by atomic mass is 9.99. The van der Waals surface area contributed by atoms with Gasteiger partial charge in [0, 0.05) is 12.0 Å². The summed E-state index contributed by atoms with van der Waals surface area (Å²) in [6.07, 6.45) is -0.128. The number of hydrogen-bond donors (Lipinski definition) is 1. The molecule has 136 valence electrons. The van der Waals surface area contributed by atoms with Crippen LogP contribution in [0.1, 0.15) is 44.0 Å². The van der Waals surface area contributed by atoms with E-state index in [9.17, 15) is 19.2 Å². The van der Waals surface area contributed by atoms with Crippen molar-refractivity contribution in [1.82, 2.24) is 5.32 Å². The lowest BCUT2D eigenvalue weighted by molar-refractivity contribution is -0.148. The maximum atomic E-state index is 12.2. The highest BCUT2D eigenvalue weighted by Crippen LogP contribution is 2.14. The molecule has 0 spiro atoms. The van der Waals surface area contributed by atoms with Crippen molar-refractivity contribution in [3.63, 3.8) is 0 Å². The Morgan fingerprint density at radius 1 is 1.08 bits per heavy atom. The van der Waals surface area contributed by atoms with Crippen LogP contribution >= 0.6 is 11.3 Å². The number of carbonyl (C=O) groups excluding carboxylic acids is 4. The van der Waals surface area contributed by atoms with Gasteiger partial charge in [-0.1, -0.05) is 23.8 Å². The molecule has 0 atom stereocenters. The largest absolute Gasteiger partial charge is 0.456 e. The summed E-state index contributed by atoms with van der Waals surface area (Å²) in [6, 6.07) is 8.83. The number of ether oxygens (including phenoxy) is 1. The third kappa shape index (κ3) is 5.63. The average Bonchev–Trinajstić information content (AvgIpc) is 3.14. The standard InChI is InChI=1S/C19H19NO5S/c1-12-5-6-13(2)14(10-12)15(21)7-8-18(23)25-11-17(22)20-19(24)16-4-3-9-26-16/h3-6,9-10H,7-8,11H2,1-2H3,(H,20,22,24). The van der Waals surface area contributed by atoms with Crippen molar-refractivity contribution in [2.24, 2.45) is 0 Å². The first-order chi connectivity index (χ1) is 12.4. The number of ketones is 1. The number of carbonyl (C=O) groups is 4. The van der Waals surface area contributed by atoms with E-state index in [1.54, 1.807) is 23.6 Å². The topological polar surface area (TPSA) is 89.5 Å². The molecule has 0 saturated carbocycles. The molecule has 7 heteroatoms. The number of imide groups is 1. The molecule has 0 unspecified atom stereocenters. The second-order valence-corrected chi connectivity index (χ2v) is 6.70. The van der Waals surface area contributed by atoms with Crippen molar-refractivity contribution in [3.8, 4) is 0 Å². The van der Waals surface area contributed by atoms with Crippen molar-refractivity contribution >= 4 is 34.9 Å². The fourth-order valence-electron chi connectivity index (χ4n) is 2.24. The van der Waals surface area contributed by atoms with Crippen LogP contribution in [0.5, 0.6) is 0 Å². The van der Waals surface area contributed by atoms with Crippen LogP contribution in [0.25, 0.3) is 0 Å². The predicted octanol–water partition coefficient (Wildman–Crippen LogP) is 2.83. The van der Waals surface area contributed by atoms with E-state index in [1.165, 1.54) is 11.3 Å². The zero-order valence-corrected chi connectivity index (χ0v) is 15.4. The summed E-state index contributed by atoms with van der Waals surface area (Å²) in [6.45, 7) is 3.16. The van der Waals surface area contributed by atoms with E-state index in [2.05, 4.69) is 5.32 Å². The van der Waals surface area contributed by atoms with Gasteiger partial charge >= 0.3 is 5.97 Å². The summed E-state index contributed by atoms with van der Waals surface area (Å²) in [5, 5.41) is 3.85. The number of rotatable bonds is 7. The minimum atomic E-state index is -0.711. The normalized spacial score (nSPS) is 10.2. The molecule has 0 aliphatic heterocycles. The molecular formula is C19H19NO5S. The first-order valence-electron chi connectivity index (χ1n) is 8.00.